The fourth-order valence-electron chi connectivity index (χ4n) is 3.05. The number of amides is 1. The van der Waals surface area contributed by atoms with Crippen LogP contribution in [0.1, 0.15) is 45.6 Å². The molecule has 1 aromatic heterocycles. The number of aromatic nitrogens is 2. The standard InChI is InChI=1S/C21H28N4O/c1-7-17-19(8-2)25(6)20(24-17)10-11-23-21(26)16-12-14(4)13-18(15(16)5)22-9-3/h7-8,12-13,22H,1-2,9-11H2,3-6H3,(H,23,26). The summed E-state index contributed by atoms with van der Waals surface area (Å²) in [6, 6.07) is 4.00. The summed E-state index contributed by atoms with van der Waals surface area (Å²) in [5.41, 5.74) is 5.49. The van der Waals surface area contributed by atoms with Crippen molar-refractivity contribution in [2.75, 3.05) is 18.4 Å². The number of aryl methyl sites for hydroxylation is 1. The van der Waals surface area contributed by atoms with Crippen LogP contribution in [0.25, 0.3) is 12.2 Å². The first-order valence-electron chi connectivity index (χ1n) is 8.86. The van der Waals surface area contributed by atoms with Crippen LogP contribution < -0.4 is 10.6 Å². The molecule has 0 fully saturated rings. The van der Waals surface area contributed by atoms with Gasteiger partial charge in [0.05, 0.1) is 11.4 Å². The molecule has 1 aromatic carbocycles. The lowest BCUT2D eigenvalue weighted by Crippen LogP contribution is -2.27. The Morgan fingerprint density at radius 3 is 2.58 bits per heavy atom. The number of hydrogen-bond acceptors (Lipinski definition) is 3. The molecular weight excluding hydrogens is 324 g/mol. The third-order valence-electron chi connectivity index (χ3n) is 4.45. The Morgan fingerprint density at radius 2 is 2.00 bits per heavy atom. The van der Waals surface area contributed by atoms with Crippen LogP contribution in [0, 0.1) is 13.8 Å². The predicted octanol–water partition coefficient (Wildman–Crippen LogP) is 3.73. The van der Waals surface area contributed by atoms with Crippen molar-refractivity contribution in [3.63, 3.8) is 0 Å². The summed E-state index contributed by atoms with van der Waals surface area (Å²) < 4.78 is 1.98. The molecule has 2 N–H and O–H groups in total. The molecular formula is C21H28N4O. The summed E-state index contributed by atoms with van der Waals surface area (Å²) in [5.74, 6) is 0.830. The Hall–Kier alpha value is -2.82. The van der Waals surface area contributed by atoms with E-state index in [9.17, 15) is 4.79 Å². The SMILES string of the molecule is C=Cc1nc(CCNC(=O)c2cc(C)cc(NCC)c2C)n(C)c1C=C. The van der Waals surface area contributed by atoms with Gasteiger partial charge in [0.2, 0.25) is 0 Å². The van der Waals surface area contributed by atoms with Gasteiger partial charge in [0.25, 0.3) is 5.91 Å². The zero-order valence-corrected chi connectivity index (χ0v) is 16.1. The van der Waals surface area contributed by atoms with Gasteiger partial charge in [-0.15, -0.1) is 0 Å². The molecule has 1 amide bonds. The summed E-state index contributed by atoms with van der Waals surface area (Å²) in [6.45, 7) is 15.0. The maximum atomic E-state index is 12.6. The molecule has 0 unspecified atom stereocenters. The fraction of sp³-hybridized carbons (Fsp3) is 0.333. The normalized spacial score (nSPS) is 10.5. The van der Waals surface area contributed by atoms with E-state index in [1.807, 2.05) is 38.5 Å². The molecule has 0 saturated carbocycles. The molecule has 2 rings (SSSR count). The molecule has 0 aliphatic heterocycles. The van der Waals surface area contributed by atoms with E-state index in [0.29, 0.717) is 18.5 Å². The minimum Gasteiger partial charge on any atom is -0.385 e. The molecule has 0 spiro atoms. The lowest BCUT2D eigenvalue weighted by molar-refractivity contribution is 0.0953. The Balaban J connectivity index is 2.09. The molecule has 5 heteroatoms. The van der Waals surface area contributed by atoms with Crippen LogP contribution in [-0.2, 0) is 13.5 Å². The van der Waals surface area contributed by atoms with Gasteiger partial charge in [-0.25, -0.2) is 4.98 Å². The second-order valence-corrected chi connectivity index (χ2v) is 6.29. The van der Waals surface area contributed by atoms with Crippen molar-refractivity contribution in [3.05, 3.63) is 59.2 Å². The summed E-state index contributed by atoms with van der Waals surface area (Å²) in [5, 5.41) is 6.32. The highest BCUT2D eigenvalue weighted by molar-refractivity contribution is 5.97. The smallest absolute Gasteiger partial charge is 0.251 e. The van der Waals surface area contributed by atoms with Gasteiger partial charge in [0.15, 0.2) is 0 Å². The predicted molar refractivity (Wildman–Crippen MR) is 110 cm³/mol. The Labute approximate surface area is 155 Å². The molecule has 0 aliphatic rings. The van der Waals surface area contributed by atoms with Crippen LogP contribution in [0.5, 0.6) is 0 Å². The molecule has 0 saturated heterocycles. The van der Waals surface area contributed by atoms with Crippen molar-refractivity contribution < 1.29 is 4.79 Å². The van der Waals surface area contributed by atoms with Crippen LogP contribution in [0.4, 0.5) is 5.69 Å². The lowest BCUT2D eigenvalue weighted by atomic mass is 10.0. The third kappa shape index (κ3) is 4.04. The first-order chi connectivity index (χ1) is 12.4. The van der Waals surface area contributed by atoms with Crippen LogP contribution in [0.2, 0.25) is 0 Å². The minimum atomic E-state index is -0.0625. The van der Waals surface area contributed by atoms with Crippen molar-refractivity contribution in [2.24, 2.45) is 7.05 Å². The van der Waals surface area contributed by atoms with Gasteiger partial charge < -0.3 is 15.2 Å². The van der Waals surface area contributed by atoms with Crippen LogP contribution in [-0.4, -0.2) is 28.5 Å². The van der Waals surface area contributed by atoms with E-state index in [2.05, 4.69) is 34.8 Å². The maximum Gasteiger partial charge on any atom is 0.251 e. The maximum absolute atomic E-state index is 12.6. The minimum absolute atomic E-state index is 0.0625. The number of hydrogen-bond donors (Lipinski definition) is 2. The summed E-state index contributed by atoms with van der Waals surface area (Å²) in [4.78, 5) is 17.2. The van der Waals surface area contributed by atoms with E-state index in [4.69, 9.17) is 0 Å². The number of benzene rings is 1. The zero-order chi connectivity index (χ0) is 19.3. The summed E-state index contributed by atoms with van der Waals surface area (Å²) in [7, 11) is 1.95. The van der Waals surface area contributed by atoms with Crippen molar-refractivity contribution in [3.8, 4) is 0 Å². The number of anilines is 1. The number of imidazole rings is 1. The average Bonchev–Trinajstić information content (AvgIpc) is 2.93. The van der Waals surface area contributed by atoms with Gasteiger partial charge in [-0.1, -0.05) is 13.2 Å². The Morgan fingerprint density at radius 1 is 1.27 bits per heavy atom. The largest absolute Gasteiger partial charge is 0.385 e. The van der Waals surface area contributed by atoms with Gasteiger partial charge in [-0.05, 0) is 56.2 Å². The molecule has 26 heavy (non-hydrogen) atoms. The van der Waals surface area contributed by atoms with Crippen molar-refractivity contribution in [1.82, 2.24) is 14.9 Å². The molecule has 0 radical (unpaired) electrons. The number of nitrogens with zero attached hydrogens (tertiary/aromatic N) is 2. The topological polar surface area (TPSA) is 59.0 Å². The Bertz CT molecular complexity index is 833. The average molecular weight is 352 g/mol. The molecule has 138 valence electrons. The fourth-order valence-corrected chi connectivity index (χ4v) is 3.05. The van der Waals surface area contributed by atoms with Crippen molar-refractivity contribution >= 4 is 23.7 Å². The zero-order valence-electron chi connectivity index (χ0n) is 16.1. The van der Waals surface area contributed by atoms with Gasteiger partial charge in [-0.2, -0.15) is 0 Å². The first-order valence-corrected chi connectivity index (χ1v) is 8.86. The van der Waals surface area contributed by atoms with Crippen LogP contribution in [0.3, 0.4) is 0 Å². The lowest BCUT2D eigenvalue weighted by Gasteiger charge is -2.14. The monoisotopic (exact) mass is 352 g/mol. The van der Waals surface area contributed by atoms with Gasteiger partial charge >= 0.3 is 0 Å². The summed E-state index contributed by atoms with van der Waals surface area (Å²) >= 11 is 0. The van der Waals surface area contributed by atoms with E-state index in [1.54, 1.807) is 12.2 Å². The number of rotatable bonds is 8. The van der Waals surface area contributed by atoms with Gasteiger partial charge in [-0.3, -0.25) is 4.79 Å². The van der Waals surface area contributed by atoms with Gasteiger partial charge in [0.1, 0.15) is 5.82 Å². The molecule has 0 bridgehead atoms. The van der Waals surface area contributed by atoms with E-state index in [1.165, 1.54) is 0 Å². The first kappa shape index (κ1) is 19.5. The second-order valence-electron chi connectivity index (χ2n) is 6.29. The van der Waals surface area contributed by atoms with Crippen LogP contribution >= 0.6 is 0 Å². The summed E-state index contributed by atoms with van der Waals surface area (Å²) in [6.07, 6.45) is 4.13. The van der Waals surface area contributed by atoms with Crippen molar-refractivity contribution in [1.29, 1.82) is 0 Å². The van der Waals surface area contributed by atoms with Crippen LogP contribution in [0.15, 0.2) is 25.3 Å². The van der Waals surface area contributed by atoms with E-state index >= 15 is 0 Å². The highest BCUT2D eigenvalue weighted by Crippen LogP contribution is 2.21. The highest BCUT2D eigenvalue weighted by Gasteiger charge is 2.14. The third-order valence-corrected chi connectivity index (χ3v) is 4.45. The number of nitrogens with one attached hydrogen (secondary N) is 2. The molecule has 2 aromatic rings. The van der Waals surface area contributed by atoms with E-state index in [0.717, 1.165) is 40.6 Å². The molecule has 5 nitrogen and oxygen atoms in total. The number of carbonyl (C=O) groups excluding carboxylic acids is 1. The highest BCUT2D eigenvalue weighted by atomic mass is 16.1. The number of carbonyl (C=O) groups is 1. The van der Waals surface area contributed by atoms with Gasteiger partial charge in [0, 0.05) is 37.8 Å². The van der Waals surface area contributed by atoms with E-state index in [-0.39, 0.29) is 5.91 Å². The quantitative estimate of drug-likeness (QED) is 0.761. The molecule has 0 atom stereocenters. The second kappa shape index (κ2) is 8.52. The Kier molecular flexibility index (Phi) is 6.39. The van der Waals surface area contributed by atoms with Crippen molar-refractivity contribution in [2.45, 2.75) is 27.2 Å². The molecule has 1 heterocycles. The van der Waals surface area contributed by atoms with E-state index < -0.39 is 0 Å². The molecule has 0 aliphatic carbocycles.